The monoisotopic (exact) mass is 524 g/mol. The summed E-state index contributed by atoms with van der Waals surface area (Å²) in [7, 11) is 0. The van der Waals surface area contributed by atoms with Crippen LogP contribution in [0.1, 0.15) is 38.7 Å². The third kappa shape index (κ3) is 11.4. The molecule has 0 radical (unpaired) electrons. The van der Waals surface area contributed by atoms with Crippen LogP contribution in [0.2, 0.25) is 0 Å². The van der Waals surface area contributed by atoms with Gasteiger partial charge in [-0.1, -0.05) is 26.0 Å². The number of benzene rings is 1. The Balaban J connectivity index is 2.98. The molecule has 0 fully saturated rings. The van der Waals surface area contributed by atoms with Gasteiger partial charge in [0.05, 0.1) is 18.9 Å². The Morgan fingerprint density at radius 2 is 1.22 bits per heavy atom. The van der Waals surface area contributed by atoms with Crippen LogP contribution < -0.4 is 21.7 Å². The second-order valence-electron chi connectivity index (χ2n) is 8.82. The second-order valence-corrected chi connectivity index (χ2v) is 8.82. The molecule has 3 amide bonds. The molecule has 1 aromatic rings. The number of phenolic OH excluding ortho intramolecular Hbond substituents is 1. The Bertz CT molecular complexity index is 996. The van der Waals surface area contributed by atoms with Crippen molar-refractivity contribution < 1.29 is 49.2 Å². The number of carboxylic acid groups (broad SMARTS) is 3. The molecule has 4 atom stereocenters. The predicted octanol–water partition coefficient (Wildman–Crippen LogP) is -1.20. The van der Waals surface area contributed by atoms with E-state index in [0.29, 0.717) is 5.56 Å². The Morgan fingerprint density at radius 1 is 0.757 bits per heavy atom. The molecule has 0 aliphatic rings. The van der Waals surface area contributed by atoms with Crippen LogP contribution in [0.15, 0.2) is 24.3 Å². The predicted molar refractivity (Wildman–Crippen MR) is 127 cm³/mol. The van der Waals surface area contributed by atoms with Gasteiger partial charge in [0.25, 0.3) is 0 Å². The quantitative estimate of drug-likeness (QED) is 0.135. The number of hydrogen-bond acceptors (Lipinski definition) is 8. The van der Waals surface area contributed by atoms with E-state index in [4.69, 9.17) is 10.8 Å². The Hall–Kier alpha value is -4.20. The normalized spacial score (nSPS) is 14.1. The summed E-state index contributed by atoms with van der Waals surface area (Å²) in [6, 6.07) is -0.0336. The molecule has 0 aliphatic heterocycles. The number of nitrogens with two attached hydrogens (primary N) is 1. The molecule has 0 spiro atoms. The highest BCUT2D eigenvalue weighted by molar-refractivity contribution is 5.96. The van der Waals surface area contributed by atoms with E-state index in [0.717, 1.165) is 0 Å². The van der Waals surface area contributed by atoms with Crippen molar-refractivity contribution in [1.82, 2.24) is 16.0 Å². The van der Waals surface area contributed by atoms with Gasteiger partial charge in [-0.05, 0) is 36.5 Å². The highest BCUT2D eigenvalue weighted by Gasteiger charge is 2.32. The molecule has 4 unspecified atom stereocenters. The summed E-state index contributed by atoms with van der Waals surface area (Å²) in [5.41, 5.74) is 6.48. The van der Waals surface area contributed by atoms with Gasteiger partial charge in [0.15, 0.2) is 0 Å². The summed E-state index contributed by atoms with van der Waals surface area (Å²) in [5, 5.41) is 43.2. The first-order valence-electron chi connectivity index (χ1n) is 11.3. The van der Waals surface area contributed by atoms with Gasteiger partial charge in [0.1, 0.15) is 23.9 Å². The molecule has 0 saturated heterocycles. The summed E-state index contributed by atoms with van der Waals surface area (Å²) in [6.45, 7) is 3.41. The molecule has 14 nitrogen and oxygen atoms in total. The fourth-order valence-electron chi connectivity index (χ4n) is 3.26. The highest BCUT2D eigenvalue weighted by Crippen LogP contribution is 2.11. The van der Waals surface area contributed by atoms with Crippen LogP contribution in [0, 0.1) is 5.92 Å². The summed E-state index contributed by atoms with van der Waals surface area (Å²) in [4.78, 5) is 71.7. The van der Waals surface area contributed by atoms with Crippen LogP contribution in [0.5, 0.6) is 5.75 Å². The molecule has 0 aromatic heterocycles. The van der Waals surface area contributed by atoms with Gasteiger partial charge < -0.3 is 42.1 Å². The van der Waals surface area contributed by atoms with Crippen molar-refractivity contribution in [3.63, 3.8) is 0 Å². The molecule has 14 heteroatoms. The summed E-state index contributed by atoms with van der Waals surface area (Å²) < 4.78 is 0. The van der Waals surface area contributed by atoms with Crippen molar-refractivity contribution in [3.05, 3.63) is 29.8 Å². The zero-order chi connectivity index (χ0) is 28.3. The van der Waals surface area contributed by atoms with Gasteiger partial charge in [-0.2, -0.15) is 0 Å². The highest BCUT2D eigenvalue weighted by atomic mass is 16.4. The number of hydrogen-bond donors (Lipinski definition) is 8. The first-order chi connectivity index (χ1) is 17.2. The van der Waals surface area contributed by atoms with Gasteiger partial charge in [0.2, 0.25) is 17.7 Å². The fourth-order valence-corrected chi connectivity index (χ4v) is 3.26. The number of carbonyl (C=O) groups is 6. The van der Waals surface area contributed by atoms with E-state index in [2.05, 4.69) is 16.0 Å². The van der Waals surface area contributed by atoms with Crippen LogP contribution in [0.25, 0.3) is 0 Å². The summed E-state index contributed by atoms with van der Waals surface area (Å²) in [6.07, 6.45) is -1.71. The molecule has 0 bridgehead atoms. The Morgan fingerprint density at radius 3 is 1.70 bits per heavy atom. The number of carboxylic acids is 3. The molecule has 0 aliphatic carbocycles. The van der Waals surface area contributed by atoms with Crippen LogP contribution in [-0.4, -0.2) is 80.2 Å². The minimum absolute atomic E-state index is 0.00505. The lowest BCUT2D eigenvalue weighted by atomic mass is 10.0. The second kappa shape index (κ2) is 14.4. The Kier molecular flexibility index (Phi) is 12.0. The van der Waals surface area contributed by atoms with Crippen molar-refractivity contribution in [1.29, 1.82) is 0 Å². The van der Waals surface area contributed by atoms with Crippen molar-refractivity contribution in [2.45, 2.75) is 63.7 Å². The number of rotatable bonds is 15. The molecular weight excluding hydrogens is 492 g/mol. The van der Waals surface area contributed by atoms with Gasteiger partial charge in [-0.3, -0.25) is 24.0 Å². The third-order valence-electron chi connectivity index (χ3n) is 5.07. The number of amides is 3. The van der Waals surface area contributed by atoms with E-state index < -0.39 is 72.6 Å². The first kappa shape index (κ1) is 30.8. The van der Waals surface area contributed by atoms with Gasteiger partial charge in [-0.25, -0.2) is 4.79 Å². The average Bonchev–Trinajstić information content (AvgIpc) is 2.78. The van der Waals surface area contributed by atoms with Crippen LogP contribution in [0.3, 0.4) is 0 Å². The summed E-state index contributed by atoms with van der Waals surface area (Å²) >= 11 is 0. The van der Waals surface area contributed by atoms with Crippen molar-refractivity contribution in [2.75, 3.05) is 0 Å². The number of phenols is 1. The van der Waals surface area contributed by atoms with Crippen LogP contribution >= 0.6 is 0 Å². The molecule has 37 heavy (non-hydrogen) atoms. The molecule has 9 N–H and O–H groups in total. The molecular formula is C23H32N4O10. The molecule has 0 heterocycles. The molecule has 1 rings (SSSR count). The molecule has 0 saturated carbocycles. The largest absolute Gasteiger partial charge is 0.508 e. The molecule has 204 valence electrons. The van der Waals surface area contributed by atoms with E-state index in [-0.39, 0.29) is 24.5 Å². The number of carbonyl (C=O) groups excluding carboxylic acids is 3. The standard InChI is InChI=1S/C23H32N4O10/c1-11(2)7-15(21(34)27-17(23(36)37)10-19(31)32)26-22(35)16(9-18(29)30)25-20(33)14(24)8-12-3-5-13(28)6-4-12/h3-6,11,14-17,28H,7-10,24H2,1-2H3,(H,25,33)(H,26,35)(H,27,34)(H,29,30)(H,31,32)(H,36,37). The van der Waals surface area contributed by atoms with Gasteiger partial charge in [-0.15, -0.1) is 0 Å². The Labute approximate surface area is 212 Å². The first-order valence-corrected chi connectivity index (χ1v) is 11.3. The lowest BCUT2D eigenvalue weighted by molar-refractivity contribution is -0.147. The lowest BCUT2D eigenvalue weighted by Crippen LogP contribution is -2.58. The SMILES string of the molecule is CC(C)CC(NC(=O)C(CC(=O)O)NC(=O)C(N)Cc1ccc(O)cc1)C(=O)NC(CC(=O)O)C(=O)O. The van der Waals surface area contributed by atoms with E-state index in [9.17, 15) is 44.1 Å². The number of nitrogens with one attached hydrogen (secondary N) is 3. The fraction of sp³-hybridized carbons (Fsp3) is 0.478. The van der Waals surface area contributed by atoms with E-state index in [1.807, 2.05) is 0 Å². The van der Waals surface area contributed by atoms with E-state index in [1.165, 1.54) is 24.3 Å². The lowest BCUT2D eigenvalue weighted by Gasteiger charge is -2.25. The maximum Gasteiger partial charge on any atom is 0.326 e. The number of aliphatic carboxylic acids is 3. The third-order valence-corrected chi connectivity index (χ3v) is 5.07. The van der Waals surface area contributed by atoms with Crippen molar-refractivity contribution in [2.24, 2.45) is 11.7 Å². The van der Waals surface area contributed by atoms with Gasteiger partial charge >= 0.3 is 17.9 Å². The topological polar surface area (TPSA) is 245 Å². The van der Waals surface area contributed by atoms with E-state index in [1.54, 1.807) is 13.8 Å². The van der Waals surface area contributed by atoms with Crippen LogP contribution in [0.4, 0.5) is 0 Å². The van der Waals surface area contributed by atoms with Crippen molar-refractivity contribution >= 4 is 35.6 Å². The van der Waals surface area contributed by atoms with Crippen LogP contribution in [-0.2, 0) is 35.2 Å². The number of aromatic hydroxyl groups is 1. The average molecular weight is 525 g/mol. The zero-order valence-electron chi connectivity index (χ0n) is 20.3. The smallest absolute Gasteiger partial charge is 0.326 e. The van der Waals surface area contributed by atoms with E-state index >= 15 is 0 Å². The zero-order valence-corrected chi connectivity index (χ0v) is 20.3. The maximum absolute atomic E-state index is 12.9. The minimum Gasteiger partial charge on any atom is -0.508 e. The van der Waals surface area contributed by atoms with Crippen molar-refractivity contribution in [3.8, 4) is 5.75 Å². The molecule has 1 aromatic carbocycles. The summed E-state index contributed by atoms with van der Waals surface area (Å²) in [5.74, 6) is -7.52. The van der Waals surface area contributed by atoms with Gasteiger partial charge in [0, 0.05) is 0 Å². The minimum atomic E-state index is -1.76. The maximum atomic E-state index is 12.9.